The van der Waals surface area contributed by atoms with Gasteiger partial charge in [-0.25, -0.2) is 0 Å². The summed E-state index contributed by atoms with van der Waals surface area (Å²) in [7, 11) is 1.61. The second kappa shape index (κ2) is 4.24. The Balaban J connectivity index is 2.08. The molecule has 0 saturated carbocycles. The molecule has 0 aromatic heterocycles. The normalized spacial score (nSPS) is 13.1. The molecule has 0 fully saturated rings. The van der Waals surface area contributed by atoms with Crippen LogP contribution in [0.15, 0.2) is 42.5 Å². The first-order chi connectivity index (χ1) is 9.19. The Kier molecular flexibility index (Phi) is 2.56. The molecule has 3 rings (SSSR count). The van der Waals surface area contributed by atoms with Gasteiger partial charge in [-0.2, -0.15) is 0 Å². The smallest absolute Gasteiger partial charge is 0.296 e. The lowest BCUT2D eigenvalue weighted by atomic mass is 10.0. The zero-order valence-corrected chi connectivity index (χ0v) is 10.3. The van der Waals surface area contributed by atoms with E-state index in [-0.39, 0.29) is 0 Å². The molecule has 0 spiro atoms. The second-order valence-corrected chi connectivity index (χ2v) is 4.28. The SMILES string of the molecule is COc1cccc(-c2ccc3c(c2)C(=O)C(=O)N3)c1. The van der Waals surface area contributed by atoms with Crippen molar-refractivity contribution < 1.29 is 14.3 Å². The number of methoxy groups -OCH3 is 1. The molecular formula is C15H11NO3. The van der Waals surface area contributed by atoms with Gasteiger partial charge in [0.05, 0.1) is 18.4 Å². The molecule has 0 unspecified atom stereocenters. The number of hydrogen-bond donors (Lipinski definition) is 1. The zero-order chi connectivity index (χ0) is 13.4. The van der Waals surface area contributed by atoms with E-state index in [9.17, 15) is 9.59 Å². The van der Waals surface area contributed by atoms with Crippen molar-refractivity contribution in [1.82, 2.24) is 0 Å². The number of carbonyl (C=O) groups is 2. The topological polar surface area (TPSA) is 55.4 Å². The summed E-state index contributed by atoms with van der Waals surface area (Å²) in [4.78, 5) is 23.0. The van der Waals surface area contributed by atoms with E-state index in [0.29, 0.717) is 11.3 Å². The fraction of sp³-hybridized carbons (Fsp3) is 0.0667. The van der Waals surface area contributed by atoms with Gasteiger partial charge in [0.1, 0.15) is 5.75 Å². The molecule has 4 heteroatoms. The summed E-state index contributed by atoms with van der Waals surface area (Å²) in [5.41, 5.74) is 2.81. The molecule has 1 amide bonds. The van der Waals surface area contributed by atoms with Gasteiger partial charge in [0.2, 0.25) is 0 Å². The van der Waals surface area contributed by atoms with Crippen LogP contribution in [0, 0.1) is 0 Å². The average Bonchev–Trinajstić information content (AvgIpc) is 2.74. The molecule has 1 aliphatic heterocycles. The summed E-state index contributed by atoms with van der Waals surface area (Å²) in [6.07, 6.45) is 0. The highest BCUT2D eigenvalue weighted by Crippen LogP contribution is 2.30. The molecule has 94 valence electrons. The molecule has 0 radical (unpaired) electrons. The van der Waals surface area contributed by atoms with Crippen LogP contribution in [0.3, 0.4) is 0 Å². The zero-order valence-electron chi connectivity index (χ0n) is 10.3. The highest BCUT2D eigenvalue weighted by Gasteiger charge is 2.27. The lowest BCUT2D eigenvalue weighted by Gasteiger charge is -2.06. The Morgan fingerprint density at radius 1 is 1.00 bits per heavy atom. The molecule has 2 aromatic carbocycles. The van der Waals surface area contributed by atoms with E-state index < -0.39 is 11.7 Å². The van der Waals surface area contributed by atoms with Gasteiger partial charge in [-0.15, -0.1) is 0 Å². The number of rotatable bonds is 2. The van der Waals surface area contributed by atoms with E-state index >= 15 is 0 Å². The number of fused-ring (bicyclic) bond motifs is 1. The van der Waals surface area contributed by atoms with Gasteiger partial charge in [0.25, 0.3) is 11.7 Å². The van der Waals surface area contributed by atoms with Crippen molar-refractivity contribution in [3.8, 4) is 16.9 Å². The Hall–Kier alpha value is -2.62. The van der Waals surface area contributed by atoms with Gasteiger partial charge >= 0.3 is 0 Å². The Bertz CT molecular complexity index is 692. The standard InChI is InChI=1S/C15H11NO3/c1-19-11-4-2-3-9(7-11)10-5-6-13-12(8-10)14(17)15(18)16-13/h2-8H,1H3,(H,16,17,18). The maximum Gasteiger partial charge on any atom is 0.296 e. The van der Waals surface area contributed by atoms with Crippen LogP contribution in [0.1, 0.15) is 10.4 Å². The van der Waals surface area contributed by atoms with Gasteiger partial charge in [-0.05, 0) is 35.4 Å². The van der Waals surface area contributed by atoms with Crippen LogP contribution in [0.25, 0.3) is 11.1 Å². The number of ketones is 1. The fourth-order valence-corrected chi connectivity index (χ4v) is 2.12. The van der Waals surface area contributed by atoms with E-state index in [2.05, 4.69) is 5.32 Å². The maximum absolute atomic E-state index is 11.7. The van der Waals surface area contributed by atoms with E-state index in [1.54, 1.807) is 19.2 Å². The van der Waals surface area contributed by atoms with Crippen LogP contribution in [0.5, 0.6) is 5.75 Å². The molecule has 2 aromatic rings. The minimum atomic E-state index is -0.571. The Morgan fingerprint density at radius 3 is 2.58 bits per heavy atom. The lowest BCUT2D eigenvalue weighted by molar-refractivity contribution is -0.112. The summed E-state index contributed by atoms with van der Waals surface area (Å²) >= 11 is 0. The predicted octanol–water partition coefficient (Wildman–Crippen LogP) is 2.50. The largest absolute Gasteiger partial charge is 0.497 e. The molecule has 1 heterocycles. The number of hydrogen-bond acceptors (Lipinski definition) is 3. The van der Waals surface area contributed by atoms with E-state index in [0.717, 1.165) is 16.9 Å². The van der Waals surface area contributed by atoms with Crippen molar-refractivity contribution in [1.29, 1.82) is 0 Å². The van der Waals surface area contributed by atoms with E-state index in [1.807, 2.05) is 30.3 Å². The first-order valence-electron chi connectivity index (χ1n) is 5.83. The lowest BCUT2D eigenvalue weighted by Crippen LogP contribution is -2.12. The third-order valence-electron chi connectivity index (χ3n) is 3.12. The molecular weight excluding hydrogens is 242 g/mol. The van der Waals surface area contributed by atoms with Crippen LogP contribution in [0.4, 0.5) is 5.69 Å². The van der Waals surface area contributed by atoms with Gasteiger partial charge in [-0.3, -0.25) is 9.59 Å². The predicted molar refractivity (Wildman–Crippen MR) is 71.4 cm³/mol. The number of anilines is 1. The average molecular weight is 253 g/mol. The minimum absolute atomic E-state index is 0.422. The van der Waals surface area contributed by atoms with Gasteiger partial charge in [0.15, 0.2) is 0 Å². The summed E-state index contributed by atoms with van der Waals surface area (Å²) in [5.74, 6) is -0.309. The van der Waals surface area contributed by atoms with E-state index in [4.69, 9.17) is 4.74 Å². The van der Waals surface area contributed by atoms with Crippen LogP contribution >= 0.6 is 0 Å². The summed E-state index contributed by atoms with van der Waals surface area (Å²) in [6, 6.07) is 12.9. The van der Waals surface area contributed by atoms with Crippen LogP contribution in [-0.2, 0) is 4.79 Å². The van der Waals surface area contributed by atoms with E-state index in [1.165, 1.54) is 0 Å². The minimum Gasteiger partial charge on any atom is -0.497 e. The highest BCUT2D eigenvalue weighted by molar-refractivity contribution is 6.51. The van der Waals surface area contributed by atoms with Gasteiger partial charge < -0.3 is 10.1 Å². The Labute approximate surface area is 110 Å². The highest BCUT2D eigenvalue weighted by atomic mass is 16.5. The number of nitrogens with one attached hydrogen (secondary N) is 1. The number of amides is 1. The van der Waals surface area contributed by atoms with Crippen molar-refractivity contribution in [2.24, 2.45) is 0 Å². The van der Waals surface area contributed by atoms with Crippen molar-refractivity contribution in [3.05, 3.63) is 48.0 Å². The van der Waals surface area contributed by atoms with Crippen molar-refractivity contribution in [3.63, 3.8) is 0 Å². The van der Waals surface area contributed by atoms with Crippen molar-refractivity contribution in [2.45, 2.75) is 0 Å². The Morgan fingerprint density at radius 2 is 1.79 bits per heavy atom. The number of Topliss-reactive ketones (excluding diaryl/α,β-unsaturated/α-hetero) is 1. The second-order valence-electron chi connectivity index (χ2n) is 4.28. The third kappa shape index (κ3) is 1.87. The number of ether oxygens (including phenoxy) is 1. The molecule has 19 heavy (non-hydrogen) atoms. The van der Waals surface area contributed by atoms with Crippen LogP contribution in [0.2, 0.25) is 0 Å². The van der Waals surface area contributed by atoms with Gasteiger partial charge in [0, 0.05) is 0 Å². The molecule has 0 atom stereocenters. The number of carbonyl (C=O) groups excluding carboxylic acids is 2. The van der Waals surface area contributed by atoms with Gasteiger partial charge in [-0.1, -0.05) is 18.2 Å². The molecule has 1 aliphatic rings. The maximum atomic E-state index is 11.7. The monoisotopic (exact) mass is 253 g/mol. The van der Waals surface area contributed by atoms with Crippen LogP contribution < -0.4 is 10.1 Å². The molecule has 4 nitrogen and oxygen atoms in total. The molecule has 1 N–H and O–H groups in total. The molecule has 0 saturated heterocycles. The van der Waals surface area contributed by atoms with Crippen LogP contribution in [-0.4, -0.2) is 18.8 Å². The first kappa shape index (κ1) is 11.5. The number of benzene rings is 2. The first-order valence-corrected chi connectivity index (χ1v) is 5.83. The molecule has 0 aliphatic carbocycles. The quantitative estimate of drug-likeness (QED) is 0.836. The molecule has 0 bridgehead atoms. The third-order valence-corrected chi connectivity index (χ3v) is 3.12. The summed E-state index contributed by atoms with van der Waals surface area (Å²) in [6.45, 7) is 0. The van der Waals surface area contributed by atoms with Crippen molar-refractivity contribution in [2.75, 3.05) is 12.4 Å². The van der Waals surface area contributed by atoms with Crippen molar-refractivity contribution >= 4 is 17.4 Å². The fourth-order valence-electron chi connectivity index (χ4n) is 2.12. The summed E-state index contributed by atoms with van der Waals surface area (Å²) in [5, 5.41) is 2.54. The summed E-state index contributed by atoms with van der Waals surface area (Å²) < 4.78 is 5.17.